The van der Waals surface area contributed by atoms with Gasteiger partial charge in [0.25, 0.3) is 0 Å². The Labute approximate surface area is 514 Å². The SMILES string of the molecule is O.O.O.O.O.O.O.O.O.O.O=S(=O)(O)O.[Na+].[Na+].[Na+].[Na+].[Na+].[Na+].[Na+].[Na+].[Na+].[Na+].[Na+].[Na+].[O-]B([O-])[O-].[O-]B([O-])[O-].[O-]B([O-])[O-].[O-]B([O-])[O-]. The van der Waals surface area contributed by atoms with Gasteiger partial charge in [-0.3, -0.25) is 38.4 Å². The summed E-state index contributed by atoms with van der Waals surface area (Å²) in [4.78, 5) is 0. The van der Waals surface area contributed by atoms with E-state index >= 15 is 0 Å². The van der Waals surface area contributed by atoms with Crippen molar-refractivity contribution in [2.75, 3.05) is 0 Å². The Bertz CT molecular complexity index is 240. The molecule has 43 heteroatoms. The largest absolute Gasteiger partial charge is 1.00 e. The van der Waals surface area contributed by atoms with Crippen LogP contribution in [-0.4, -0.2) is 102 Å². The molecular weight excluding hydrogens is 767 g/mol. The Morgan fingerprint density at radius 2 is 0.279 bits per heavy atom. The molecule has 0 aromatic carbocycles. The van der Waals surface area contributed by atoms with Gasteiger partial charge >= 0.3 is 365 Å². The number of rotatable bonds is 0. The van der Waals surface area contributed by atoms with E-state index in [1.807, 2.05) is 0 Å². The zero-order chi connectivity index (χ0) is 18.8. The molecule has 0 unspecified atom stereocenters. The standard InChI is InChI=1S/4BO3.12Na.H2O4S.10H2O/c4*2-1(3)4;;;;;;;;;;;;;1-5(2,3)4;;;;;;;;;;/h;;;;;;;;;;;;;;;;(H2,1,2,3,4);10*1H2/q4*-3;12*+1;;;;;;;;;;;. The van der Waals surface area contributed by atoms with Crippen molar-refractivity contribution < 1.29 is 487 Å². The van der Waals surface area contributed by atoms with Gasteiger partial charge in [-0.05, 0) is 0 Å². The molecular formula is H22B4Na12O26S. The molecule has 0 saturated heterocycles. The van der Waals surface area contributed by atoms with E-state index in [1.54, 1.807) is 0 Å². The molecule has 0 spiro atoms. The summed E-state index contributed by atoms with van der Waals surface area (Å²) in [6.07, 6.45) is 0. The van der Waals surface area contributed by atoms with Crippen molar-refractivity contribution in [2.45, 2.75) is 0 Å². The van der Waals surface area contributed by atoms with Crippen LogP contribution in [0.25, 0.3) is 0 Å². The quantitative estimate of drug-likeness (QED) is 0.170. The average Bonchev–Trinajstić information content (AvgIpc) is 1.91. The van der Waals surface area contributed by atoms with Gasteiger partial charge in [-0.2, -0.15) is 8.42 Å². The van der Waals surface area contributed by atoms with Crippen LogP contribution < -0.4 is 415 Å². The molecule has 0 aliphatic rings. The molecule has 0 saturated carbocycles. The average molecular weight is 789 g/mol. The minimum absolute atomic E-state index is 0. The van der Waals surface area contributed by atoms with E-state index in [9.17, 15) is 0 Å². The molecule has 0 aliphatic heterocycles. The van der Waals surface area contributed by atoms with Gasteiger partial charge in [-0.25, -0.2) is 0 Å². The minimum atomic E-state index is -4.67. The Morgan fingerprint density at radius 1 is 0.279 bits per heavy atom. The summed E-state index contributed by atoms with van der Waals surface area (Å²) in [5.74, 6) is 0. The molecule has 0 heterocycles. The van der Waals surface area contributed by atoms with Crippen LogP contribution in [0.2, 0.25) is 0 Å². The molecule has 26 nitrogen and oxygen atoms in total. The second-order valence-corrected chi connectivity index (χ2v) is 2.50. The fourth-order valence-corrected chi connectivity index (χ4v) is 0. The first-order chi connectivity index (χ1) is 8.93. The summed E-state index contributed by atoms with van der Waals surface area (Å²) >= 11 is 0. The van der Waals surface area contributed by atoms with E-state index in [-0.39, 0.29) is 409 Å². The van der Waals surface area contributed by atoms with E-state index < -0.39 is 39.7 Å². The summed E-state index contributed by atoms with van der Waals surface area (Å²) in [6, 6.07) is 0. The second-order valence-electron chi connectivity index (χ2n) is 1.60. The van der Waals surface area contributed by atoms with Gasteiger partial charge in [-0.1, -0.05) is 0 Å². The van der Waals surface area contributed by atoms with Crippen molar-refractivity contribution in [3.63, 3.8) is 0 Å². The van der Waals surface area contributed by atoms with Crippen LogP contribution in [0, 0.1) is 0 Å². The van der Waals surface area contributed by atoms with E-state index in [4.69, 9.17) is 77.8 Å². The van der Waals surface area contributed by atoms with Crippen molar-refractivity contribution in [3.8, 4) is 0 Å². The molecule has 0 fully saturated rings. The molecule has 0 radical (unpaired) electrons. The summed E-state index contributed by atoms with van der Waals surface area (Å²) in [7, 11) is -16.3. The summed E-state index contributed by atoms with van der Waals surface area (Å²) in [6.45, 7) is 0. The monoisotopic (exact) mass is 790 g/mol. The Balaban J connectivity index is -0.00000000264. The summed E-state index contributed by atoms with van der Waals surface area (Å²) in [5.41, 5.74) is 0. The van der Waals surface area contributed by atoms with Gasteiger partial charge in [0, 0.05) is 0 Å². The van der Waals surface area contributed by atoms with Crippen molar-refractivity contribution in [3.05, 3.63) is 0 Å². The summed E-state index contributed by atoms with van der Waals surface area (Å²) < 4.78 is 31.6. The van der Waals surface area contributed by atoms with E-state index in [0.717, 1.165) is 0 Å². The Hall–Kier alpha value is 11.2. The van der Waals surface area contributed by atoms with Gasteiger partial charge in [-0.15, -0.1) is 0 Å². The third-order valence-electron chi connectivity index (χ3n) is 0. The van der Waals surface area contributed by atoms with Gasteiger partial charge in [0.05, 0.1) is 0 Å². The zero-order valence-corrected chi connectivity index (χ0v) is 51.1. The van der Waals surface area contributed by atoms with E-state index in [0.29, 0.717) is 0 Å². The zero-order valence-electron chi connectivity index (χ0n) is 26.3. The fraction of sp³-hybridized carbons (Fsp3) is 0. The molecule has 22 N–H and O–H groups in total. The topological polar surface area (TPSA) is 666 Å². The molecule has 0 atom stereocenters. The number of hydrogen-bond donors (Lipinski definition) is 2. The first kappa shape index (κ1) is 207. The third kappa shape index (κ3) is 1110. The molecule has 0 amide bonds. The van der Waals surface area contributed by atoms with Gasteiger partial charge in [0.1, 0.15) is 0 Å². The van der Waals surface area contributed by atoms with Crippen LogP contribution in [0.15, 0.2) is 0 Å². The Morgan fingerprint density at radius 3 is 0.279 bits per heavy atom. The smallest absolute Gasteiger partial charge is 0.907 e. The normalized spacial score (nSPS) is 3.86. The molecule has 0 aliphatic carbocycles. The second kappa shape index (κ2) is 170. The number of hydrogen-bond acceptors (Lipinski definition) is 14. The molecule has 0 bridgehead atoms. The van der Waals surface area contributed by atoms with Crippen LogP contribution in [0.4, 0.5) is 0 Å². The van der Waals surface area contributed by atoms with Crippen LogP contribution in [0.1, 0.15) is 0 Å². The van der Waals surface area contributed by atoms with Gasteiger partial charge < -0.3 is 115 Å². The minimum Gasteiger partial charge on any atom is -0.907 e. The molecule has 0 aromatic rings. The van der Waals surface area contributed by atoms with Gasteiger partial charge in [0.15, 0.2) is 0 Å². The predicted molar refractivity (Wildman–Crippen MR) is 73.3 cm³/mol. The maximum Gasteiger partial charge on any atom is 1.00 e. The predicted octanol–water partition coefficient (Wildman–Crippen LogP) is -60.6. The van der Waals surface area contributed by atoms with Crippen molar-refractivity contribution >= 4 is 39.7 Å². The van der Waals surface area contributed by atoms with Crippen molar-refractivity contribution in [1.82, 2.24) is 0 Å². The van der Waals surface area contributed by atoms with Crippen molar-refractivity contribution in [1.29, 1.82) is 0 Å². The first-order valence-corrected chi connectivity index (χ1v) is 4.92. The maximum absolute atomic E-state index is 8.74. The van der Waals surface area contributed by atoms with Crippen LogP contribution in [0.3, 0.4) is 0 Å². The third-order valence-corrected chi connectivity index (χ3v) is 0. The van der Waals surface area contributed by atoms with Crippen LogP contribution in [-0.2, 0) is 10.4 Å². The van der Waals surface area contributed by atoms with Crippen LogP contribution >= 0.6 is 0 Å². The molecule has 0 aromatic heterocycles. The van der Waals surface area contributed by atoms with Crippen LogP contribution in [0.5, 0.6) is 0 Å². The summed E-state index contributed by atoms with van der Waals surface area (Å²) in [5, 5.41) is 101. The van der Waals surface area contributed by atoms with E-state index in [2.05, 4.69) is 0 Å². The van der Waals surface area contributed by atoms with Crippen molar-refractivity contribution in [2.24, 2.45) is 0 Å². The fourth-order valence-electron chi connectivity index (χ4n) is 0. The Kier molecular flexibility index (Phi) is 819. The van der Waals surface area contributed by atoms with Gasteiger partial charge in [0.2, 0.25) is 0 Å². The van der Waals surface area contributed by atoms with E-state index in [1.165, 1.54) is 0 Å². The maximum atomic E-state index is 8.74. The first-order valence-electron chi connectivity index (χ1n) is 3.53. The molecule has 0 rings (SSSR count). The molecule has 208 valence electrons. The molecule has 43 heavy (non-hydrogen) atoms.